The summed E-state index contributed by atoms with van der Waals surface area (Å²) < 4.78 is 33.3. The van der Waals surface area contributed by atoms with Crippen LogP contribution in [0.5, 0.6) is 0 Å². The summed E-state index contributed by atoms with van der Waals surface area (Å²) in [6.07, 6.45) is 4.67. The topological polar surface area (TPSA) is 99.2 Å². The second-order valence-electron chi connectivity index (χ2n) is 9.13. The molecule has 1 saturated carbocycles. The maximum atomic E-state index is 13.9. The van der Waals surface area contributed by atoms with Gasteiger partial charge in [-0.05, 0) is 43.4 Å². The van der Waals surface area contributed by atoms with Gasteiger partial charge in [-0.15, -0.1) is 0 Å². The Morgan fingerprint density at radius 3 is 2.31 bits per heavy atom. The zero-order valence-corrected chi connectivity index (χ0v) is 22.0. The summed E-state index contributed by atoms with van der Waals surface area (Å²) in [4.78, 5) is 31.0. The number of hydrogen-bond acceptors (Lipinski definition) is 5. The number of aryl methyl sites for hydroxylation is 1. The SMILES string of the molecule is CCCCN(C1CC1)S(=O)(=O)c1nc2c(c(=O)n(CCCC)c(=O)n2C)n1Cc1ccc(Cl)cc1. The lowest BCUT2D eigenvalue weighted by molar-refractivity contribution is 0.389. The quantitative estimate of drug-likeness (QED) is 0.385. The van der Waals surface area contributed by atoms with Crippen molar-refractivity contribution in [3.63, 3.8) is 0 Å². The van der Waals surface area contributed by atoms with Gasteiger partial charge in [0.25, 0.3) is 15.6 Å². The first-order valence-corrected chi connectivity index (χ1v) is 14.0. The Bertz CT molecular complexity index is 1440. The Hall–Kier alpha value is -2.43. The van der Waals surface area contributed by atoms with Gasteiger partial charge in [0, 0.05) is 31.2 Å². The third-order valence-corrected chi connectivity index (χ3v) is 8.54. The summed E-state index contributed by atoms with van der Waals surface area (Å²) in [5.74, 6) is 0. The molecule has 1 aliphatic rings. The molecule has 1 fully saturated rings. The Labute approximate surface area is 210 Å². The van der Waals surface area contributed by atoms with E-state index in [4.69, 9.17) is 11.6 Å². The third kappa shape index (κ3) is 4.96. The molecule has 1 aliphatic carbocycles. The number of unbranched alkanes of at least 4 members (excludes halogenated alkanes) is 2. The normalized spacial score (nSPS) is 14.3. The van der Waals surface area contributed by atoms with E-state index < -0.39 is 21.3 Å². The molecular formula is C24H32ClN5O4S. The van der Waals surface area contributed by atoms with Crippen molar-refractivity contribution in [2.24, 2.45) is 7.05 Å². The van der Waals surface area contributed by atoms with E-state index in [1.54, 1.807) is 24.3 Å². The second kappa shape index (κ2) is 10.3. The molecule has 0 spiro atoms. The van der Waals surface area contributed by atoms with E-state index in [1.165, 1.54) is 25.1 Å². The van der Waals surface area contributed by atoms with Crippen LogP contribution in [0.2, 0.25) is 5.02 Å². The summed E-state index contributed by atoms with van der Waals surface area (Å²) in [6, 6.07) is 6.96. The molecule has 0 saturated heterocycles. The molecule has 0 aliphatic heterocycles. The van der Waals surface area contributed by atoms with Crippen LogP contribution in [-0.2, 0) is 30.2 Å². The van der Waals surface area contributed by atoms with Gasteiger partial charge in [-0.2, -0.15) is 9.29 Å². The van der Waals surface area contributed by atoms with Crippen molar-refractivity contribution in [2.45, 2.75) is 76.7 Å². The van der Waals surface area contributed by atoms with Crippen molar-refractivity contribution >= 4 is 32.8 Å². The van der Waals surface area contributed by atoms with Crippen LogP contribution in [0.15, 0.2) is 39.0 Å². The van der Waals surface area contributed by atoms with E-state index in [0.29, 0.717) is 18.0 Å². The van der Waals surface area contributed by atoms with Crippen molar-refractivity contribution < 1.29 is 8.42 Å². The van der Waals surface area contributed by atoms with Crippen LogP contribution >= 0.6 is 11.6 Å². The first-order valence-electron chi connectivity index (χ1n) is 12.2. The molecule has 2 aromatic heterocycles. The summed E-state index contributed by atoms with van der Waals surface area (Å²) in [7, 11) is -2.49. The molecule has 9 nitrogen and oxygen atoms in total. The van der Waals surface area contributed by atoms with Gasteiger partial charge in [0.15, 0.2) is 11.2 Å². The highest BCUT2D eigenvalue weighted by Gasteiger charge is 2.41. The van der Waals surface area contributed by atoms with Gasteiger partial charge in [0.05, 0.1) is 6.54 Å². The first kappa shape index (κ1) is 25.7. The number of nitrogens with zero attached hydrogens (tertiary/aromatic N) is 5. The Kier molecular flexibility index (Phi) is 7.54. The molecule has 190 valence electrons. The molecule has 11 heteroatoms. The number of fused-ring (bicyclic) bond motifs is 1. The van der Waals surface area contributed by atoms with Crippen molar-refractivity contribution in [3.8, 4) is 0 Å². The highest BCUT2D eigenvalue weighted by Crippen LogP contribution is 2.33. The van der Waals surface area contributed by atoms with Gasteiger partial charge in [-0.1, -0.05) is 50.4 Å². The van der Waals surface area contributed by atoms with Crippen LogP contribution in [-0.4, -0.2) is 44.0 Å². The van der Waals surface area contributed by atoms with Crippen LogP contribution in [0.4, 0.5) is 0 Å². The average molecular weight is 522 g/mol. The molecule has 0 unspecified atom stereocenters. The third-order valence-electron chi connectivity index (χ3n) is 6.41. The number of halogens is 1. The molecule has 1 aromatic carbocycles. The number of hydrogen-bond donors (Lipinski definition) is 0. The molecule has 0 N–H and O–H groups in total. The van der Waals surface area contributed by atoms with E-state index in [1.807, 2.05) is 13.8 Å². The number of benzene rings is 1. The maximum Gasteiger partial charge on any atom is 0.332 e. The van der Waals surface area contributed by atoms with E-state index in [0.717, 1.165) is 37.7 Å². The smallest absolute Gasteiger partial charge is 0.303 e. The lowest BCUT2D eigenvalue weighted by Crippen LogP contribution is -2.39. The predicted octanol–water partition coefficient (Wildman–Crippen LogP) is 3.35. The Morgan fingerprint density at radius 2 is 1.71 bits per heavy atom. The van der Waals surface area contributed by atoms with Gasteiger partial charge in [-0.25, -0.2) is 13.2 Å². The average Bonchev–Trinajstić information content (AvgIpc) is 3.59. The molecule has 0 radical (unpaired) electrons. The summed E-state index contributed by atoms with van der Waals surface area (Å²) in [6.45, 7) is 4.76. The molecular weight excluding hydrogens is 490 g/mol. The molecule has 35 heavy (non-hydrogen) atoms. The van der Waals surface area contributed by atoms with Crippen LogP contribution in [0.25, 0.3) is 11.2 Å². The fourth-order valence-corrected chi connectivity index (χ4v) is 6.21. The lowest BCUT2D eigenvalue weighted by Gasteiger charge is -2.21. The van der Waals surface area contributed by atoms with Crippen LogP contribution in [0, 0.1) is 0 Å². The van der Waals surface area contributed by atoms with Gasteiger partial charge >= 0.3 is 5.69 Å². The number of imidazole rings is 1. The minimum absolute atomic E-state index is 0.0552. The van der Waals surface area contributed by atoms with E-state index in [2.05, 4.69) is 4.98 Å². The second-order valence-corrected chi connectivity index (χ2v) is 11.4. The van der Waals surface area contributed by atoms with Crippen molar-refractivity contribution in [1.29, 1.82) is 0 Å². The molecule has 2 heterocycles. The zero-order chi connectivity index (χ0) is 25.3. The molecule has 4 rings (SSSR count). The van der Waals surface area contributed by atoms with Crippen LogP contribution < -0.4 is 11.2 Å². The minimum Gasteiger partial charge on any atom is -0.303 e. The number of aromatic nitrogens is 4. The Morgan fingerprint density at radius 1 is 1.06 bits per heavy atom. The van der Waals surface area contributed by atoms with Crippen molar-refractivity contribution in [2.75, 3.05) is 6.54 Å². The van der Waals surface area contributed by atoms with Crippen molar-refractivity contribution in [3.05, 3.63) is 55.7 Å². The van der Waals surface area contributed by atoms with Gasteiger partial charge in [-0.3, -0.25) is 13.9 Å². The molecule has 3 aromatic rings. The summed E-state index contributed by atoms with van der Waals surface area (Å²) >= 11 is 6.04. The van der Waals surface area contributed by atoms with Gasteiger partial charge < -0.3 is 4.57 Å². The molecule has 0 bridgehead atoms. The predicted molar refractivity (Wildman–Crippen MR) is 137 cm³/mol. The fourth-order valence-electron chi connectivity index (χ4n) is 4.26. The fraction of sp³-hybridized carbons (Fsp3) is 0.542. The lowest BCUT2D eigenvalue weighted by atomic mass is 10.2. The monoisotopic (exact) mass is 521 g/mol. The standard InChI is InChI=1S/C24H32ClN5O4S/c1-4-6-14-28-22(31)20-21(27(3)24(28)32)26-23(29(20)16-17-8-10-18(25)11-9-17)35(33,34)30(15-7-5-2)19-12-13-19/h8-11,19H,4-7,12-16H2,1-3H3. The molecule has 0 amide bonds. The van der Waals surface area contributed by atoms with Gasteiger partial charge in [0.1, 0.15) is 0 Å². The number of rotatable bonds is 11. The first-order chi connectivity index (χ1) is 16.7. The summed E-state index contributed by atoms with van der Waals surface area (Å²) in [5.41, 5.74) is -0.0633. The van der Waals surface area contributed by atoms with Crippen LogP contribution in [0.3, 0.4) is 0 Å². The highest BCUT2D eigenvalue weighted by atomic mass is 35.5. The zero-order valence-electron chi connectivity index (χ0n) is 20.4. The van der Waals surface area contributed by atoms with E-state index in [-0.39, 0.29) is 35.5 Å². The van der Waals surface area contributed by atoms with Crippen molar-refractivity contribution in [1.82, 2.24) is 23.0 Å². The maximum absolute atomic E-state index is 13.9. The number of sulfonamides is 1. The summed E-state index contributed by atoms with van der Waals surface area (Å²) in [5, 5.41) is 0.353. The minimum atomic E-state index is -4.01. The van der Waals surface area contributed by atoms with Crippen LogP contribution in [0.1, 0.15) is 57.9 Å². The van der Waals surface area contributed by atoms with Gasteiger partial charge in [0.2, 0.25) is 5.16 Å². The van der Waals surface area contributed by atoms with E-state index >= 15 is 0 Å². The largest absolute Gasteiger partial charge is 0.332 e. The Balaban J connectivity index is 1.98. The highest BCUT2D eigenvalue weighted by molar-refractivity contribution is 7.89. The van der Waals surface area contributed by atoms with E-state index in [9.17, 15) is 18.0 Å². The molecule has 0 atom stereocenters.